The van der Waals surface area contributed by atoms with E-state index < -0.39 is 84.5 Å². The van der Waals surface area contributed by atoms with Crippen LogP contribution >= 0.6 is 15.6 Å². The number of rotatable bonds is 80. The Balaban J connectivity index is -0.0000510. The summed E-state index contributed by atoms with van der Waals surface area (Å²) in [6.07, 6.45) is 54.6. The fourth-order valence-corrected chi connectivity index (χ4v) is 14.3. The number of carbonyl (C=O) groups excluding carboxylic acids is 5. The number of hydrogen-bond acceptors (Lipinski definition) is 17. The Labute approximate surface area is 680 Å². The zero-order valence-electron chi connectivity index (χ0n) is 68.3. The number of ether oxygens (including phenoxy) is 4. The number of urea groups is 1. The van der Waals surface area contributed by atoms with Crippen molar-refractivity contribution in [2.45, 2.75) is 451 Å². The van der Waals surface area contributed by atoms with Crippen LogP contribution < -0.4 is 79.5 Å². The van der Waals surface area contributed by atoms with Gasteiger partial charge in [-0.3, -0.25) is 28.3 Å². The minimum Gasteiger partial charge on any atom is -0.756 e. The van der Waals surface area contributed by atoms with Gasteiger partial charge in [-0.05, 0) is 51.4 Å². The molecule has 0 aromatic heterocycles. The average Bonchev–Trinajstić information content (AvgIpc) is 0.891. The van der Waals surface area contributed by atoms with E-state index in [1.165, 1.54) is 167 Å². The predicted molar refractivity (Wildman–Crippen MR) is 411 cm³/mol. The third kappa shape index (κ3) is 74.1. The van der Waals surface area contributed by atoms with E-state index >= 15 is 0 Å². The summed E-state index contributed by atoms with van der Waals surface area (Å²) in [7, 11) is -9.89. The summed E-state index contributed by atoms with van der Waals surface area (Å²) < 4.78 is 71.3. The third-order valence-corrected chi connectivity index (χ3v) is 21.2. The molecule has 0 rings (SSSR count). The minimum absolute atomic E-state index is 0. The summed E-state index contributed by atoms with van der Waals surface area (Å²) in [5.41, 5.74) is 0. The molecular weight excluding hydrogens is 1380 g/mol. The van der Waals surface area contributed by atoms with Gasteiger partial charge in [-0.1, -0.05) is 337 Å². The molecule has 19 nitrogen and oxygen atoms in total. The normalized spacial score (nSPS) is 13.7. The van der Waals surface area contributed by atoms with Crippen LogP contribution in [0.25, 0.3) is 0 Å². The smallest absolute Gasteiger partial charge is 0.756 e. The van der Waals surface area contributed by atoms with Crippen molar-refractivity contribution in [3.05, 3.63) is 0 Å². The molecule has 0 spiro atoms. The fourth-order valence-electron chi connectivity index (χ4n) is 12.8. The van der Waals surface area contributed by atoms with Crippen LogP contribution in [0.1, 0.15) is 427 Å². The fraction of sp³-hybridized carbons (Fsp3) is 0.938. The first-order chi connectivity index (χ1) is 49.6. The van der Waals surface area contributed by atoms with Gasteiger partial charge in [0.1, 0.15) is 24.4 Å². The molecule has 0 aliphatic heterocycles. The first-order valence-electron chi connectivity index (χ1n) is 42.6. The van der Waals surface area contributed by atoms with Gasteiger partial charge in [-0.15, -0.1) is 0 Å². The van der Waals surface area contributed by atoms with Gasteiger partial charge in [0.05, 0.1) is 26.4 Å². The van der Waals surface area contributed by atoms with Gasteiger partial charge < -0.3 is 57.5 Å². The van der Waals surface area contributed by atoms with Gasteiger partial charge in [0.15, 0.2) is 0 Å². The molecule has 0 saturated heterocycles. The van der Waals surface area contributed by atoms with Crippen LogP contribution in [0.5, 0.6) is 0 Å². The van der Waals surface area contributed by atoms with Crippen LogP contribution in [-0.2, 0) is 65.4 Å². The summed E-state index contributed by atoms with van der Waals surface area (Å²) in [4.78, 5) is 92.8. The maximum atomic E-state index is 13.5. The quantitative estimate of drug-likeness (QED) is 0.0188. The Morgan fingerprint density at radius 1 is 0.260 bits per heavy atom. The molecule has 0 radical (unpaired) electrons. The van der Waals surface area contributed by atoms with E-state index in [4.69, 9.17) is 37.0 Å². The molecule has 604 valence electrons. The standard InChI is InChI=1S/C81H158N2O17P2.2Na/c1-7-13-19-25-31-37-39-45-51-57-63-79(86)99-75(73(59-53-47-41-33-27-21-15-9-3)97-77(84)61-55-49-43-35-29-23-17-11-5)65-69-93-101(89,90)95-71-67-82-81(88)83-68-72-96-102(91,92)94-70-66-76(100-80(87)64-58-52-46-40-38-32-26-20-14-8-2)74(60-54-48-42-34-28-22-16-10-4)98-78(85)62-56-50-44-36-30-24-18-12-6;;/h73-76H,7-72H2,1-6H3,(H,89,90)(H,91,92)(H2,82,83,88);;/q;2*+1/p-2/t73?,74?,75-,76-;;/m1../s1. The van der Waals surface area contributed by atoms with E-state index in [1.54, 1.807) is 0 Å². The Bertz CT molecular complexity index is 1900. The van der Waals surface area contributed by atoms with Gasteiger partial charge in [0.2, 0.25) is 0 Å². The van der Waals surface area contributed by atoms with Crippen molar-refractivity contribution >= 4 is 45.6 Å². The minimum atomic E-state index is -4.95. The summed E-state index contributed by atoms with van der Waals surface area (Å²) in [6, 6.07) is -0.755. The van der Waals surface area contributed by atoms with Crippen molar-refractivity contribution in [1.82, 2.24) is 10.6 Å². The van der Waals surface area contributed by atoms with Crippen LogP contribution in [0, 0.1) is 0 Å². The zero-order chi connectivity index (χ0) is 74.9. The van der Waals surface area contributed by atoms with Crippen LogP contribution in [0.3, 0.4) is 0 Å². The number of nitrogens with one attached hydrogen (secondary N) is 2. The van der Waals surface area contributed by atoms with E-state index in [1.807, 2.05) is 0 Å². The molecule has 0 aliphatic rings. The van der Waals surface area contributed by atoms with Crippen LogP contribution in [0.15, 0.2) is 0 Å². The van der Waals surface area contributed by atoms with E-state index in [2.05, 4.69) is 52.2 Å². The molecule has 0 fully saturated rings. The number of phosphoric ester groups is 2. The van der Waals surface area contributed by atoms with Gasteiger partial charge in [0, 0.05) is 51.6 Å². The Morgan fingerprint density at radius 3 is 0.644 bits per heavy atom. The average molecular weight is 1540 g/mol. The van der Waals surface area contributed by atoms with Crippen LogP contribution in [-0.4, -0.2) is 93.8 Å². The van der Waals surface area contributed by atoms with Crippen molar-refractivity contribution in [1.29, 1.82) is 0 Å². The van der Waals surface area contributed by atoms with E-state index in [9.17, 15) is 42.9 Å². The second kappa shape index (κ2) is 80.4. The van der Waals surface area contributed by atoms with Crippen LogP contribution in [0.2, 0.25) is 0 Å². The van der Waals surface area contributed by atoms with E-state index in [-0.39, 0.29) is 123 Å². The van der Waals surface area contributed by atoms with E-state index in [0.29, 0.717) is 38.5 Å². The number of hydrogen-bond donors (Lipinski definition) is 2. The molecule has 23 heteroatoms. The van der Waals surface area contributed by atoms with Crippen molar-refractivity contribution < 1.29 is 139 Å². The number of carbonyl (C=O) groups is 5. The summed E-state index contributed by atoms with van der Waals surface area (Å²) in [5.74, 6) is -1.60. The van der Waals surface area contributed by atoms with Crippen molar-refractivity contribution in [2.75, 3.05) is 39.5 Å². The maximum Gasteiger partial charge on any atom is 1.00 e. The van der Waals surface area contributed by atoms with E-state index in [0.717, 1.165) is 141 Å². The Morgan fingerprint density at radius 2 is 0.433 bits per heavy atom. The molecule has 104 heavy (non-hydrogen) atoms. The summed E-state index contributed by atoms with van der Waals surface area (Å²) in [6.45, 7) is 10.9. The number of amides is 2. The first kappa shape index (κ1) is 108. The van der Waals surface area contributed by atoms with Crippen molar-refractivity contribution in [3.63, 3.8) is 0 Å². The Kier molecular flexibility index (Phi) is 83.2. The summed E-state index contributed by atoms with van der Waals surface area (Å²) >= 11 is 0. The molecule has 0 heterocycles. The molecule has 4 unspecified atom stereocenters. The molecular formula is C81H156N2Na2O17P2. The summed E-state index contributed by atoms with van der Waals surface area (Å²) in [5, 5.41) is 4.92. The van der Waals surface area contributed by atoms with Crippen LogP contribution in [0.4, 0.5) is 4.79 Å². The molecule has 0 saturated carbocycles. The number of phosphoric acid groups is 2. The van der Waals surface area contributed by atoms with Gasteiger partial charge in [-0.2, -0.15) is 0 Å². The Hall–Kier alpha value is -0.630. The third-order valence-electron chi connectivity index (χ3n) is 19.2. The molecule has 0 bridgehead atoms. The number of esters is 4. The first-order valence-corrected chi connectivity index (χ1v) is 45.5. The molecule has 0 aromatic rings. The monoisotopic (exact) mass is 1540 g/mol. The maximum absolute atomic E-state index is 13.5. The molecule has 6 atom stereocenters. The second-order valence-corrected chi connectivity index (χ2v) is 31.8. The SMILES string of the molecule is CCCCCCCCCCCCC(=O)O[C@H](CCOP(=O)([O-])OCCNC(=O)NCCOP(=O)([O-])OCC[C@@H](OC(=O)CCCCCCCCCCCC)C(CCCCCCCCCC)OC(=O)CCCCCCCCCC)C(CCCCCCCCCC)OC(=O)CCCCCCCCCC.[Na+].[Na+]. The molecule has 0 aromatic carbocycles. The number of unbranched alkanes of at least 4 members (excludes halogenated alkanes) is 46. The van der Waals surface area contributed by atoms with Crippen molar-refractivity contribution in [3.8, 4) is 0 Å². The van der Waals surface area contributed by atoms with Crippen molar-refractivity contribution in [2.24, 2.45) is 0 Å². The molecule has 2 amide bonds. The largest absolute Gasteiger partial charge is 1.00 e. The second-order valence-electron chi connectivity index (χ2n) is 28.9. The topological polar surface area (TPSA) is 264 Å². The molecule has 2 N–H and O–H groups in total. The van der Waals surface area contributed by atoms with Gasteiger partial charge in [0.25, 0.3) is 15.6 Å². The molecule has 0 aliphatic carbocycles. The van der Waals surface area contributed by atoms with Gasteiger partial charge in [-0.25, -0.2) is 4.79 Å². The van der Waals surface area contributed by atoms with Gasteiger partial charge >= 0.3 is 89.0 Å². The predicted octanol–water partition coefficient (Wildman–Crippen LogP) is 16.5. The zero-order valence-corrected chi connectivity index (χ0v) is 74.1.